The molecule has 26 heavy (non-hydrogen) atoms. The number of phenolic OH excluding ortho intramolecular Hbond substituents is 1. The Morgan fingerprint density at radius 2 is 1.62 bits per heavy atom. The third-order valence-corrected chi connectivity index (χ3v) is 2.85. The van der Waals surface area contributed by atoms with Crippen LogP contribution in [0, 0.1) is 0 Å². The van der Waals surface area contributed by atoms with E-state index < -0.39 is 0 Å². The predicted octanol–water partition coefficient (Wildman–Crippen LogP) is 5.46. The maximum Gasteiger partial charge on any atom is 0.276 e. The fraction of sp³-hybridized carbons (Fsp3) is 0.368. The molecule has 0 aliphatic heterocycles. The van der Waals surface area contributed by atoms with Gasteiger partial charge in [0.05, 0.1) is 5.52 Å². The van der Waals surface area contributed by atoms with Crippen LogP contribution in [0.5, 0.6) is 5.75 Å². The molecule has 7 nitrogen and oxygen atoms in total. The lowest BCUT2D eigenvalue weighted by Crippen LogP contribution is -2.09. The molecule has 0 aliphatic rings. The Kier molecular flexibility index (Phi) is 11.0. The van der Waals surface area contributed by atoms with Crippen molar-refractivity contribution >= 4 is 22.7 Å². The van der Waals surface area contributed by atoms with E-state index in [-0.39, 0.29) is 17.3 Å². The number of aromatic hydroxyl groups is 1. The number of nitrogens with zero attached hydrogens (tertiary/aromatic N) is 4. The number of phenols is 1. The number of aryl methyl sites for hydroxylation is 1. The molecule has 0 amide bonds. The Morgan fingerprint density at radius 1 is 1.00 bits per heavy atom. The molecular weight excluding hydrogens is 330 g/mol. The summed E-state index contributed by atoms with van der Waals surface area (Å²) in [6, 6.07) is 8.25. The number of fused-ring (bicyclic) bond motifs is 1. The Hall–Kier alpha value is -2.96. The van der Waals surface area contributed by atoms with E-state index in [1.54, 1.807) is 42.1 Å². The molecule has 0 fully saturated rings. The van der Waals surface area contributed by atoms with Gasteiger partial charge in [0.15, 0.2) is 0 Å². The van der Waals surface area contributed by atoms with Crippen molar-refractivity contribution in [1.29, 1.82) is 0 Å². The molecule has 3 aromatic rings. The SMILES string of the molecule is CC.CC.CC.Cn1ccc2nc(N=Nc3ccccc3O)[nH]c(=O)c21. The molecule has 2 N–H and O–H groups in total. The lowest BCUT2D eigenvalue weighted by molar-refractivity contribution is 0.476. The van der Waals surface area contributed by atoms with Crippen LogP contribution in [0.25, 0.3) is 11.0 Å². The number of H-pyrrole nitrogens is 1. The van der Waals surface area contributed by atoms with Crippen LogP contribution in [0.2, 0.25) is 0 Å². The molecule has 0 radical (unpaired) electrons. The lowest BCUT2D eigenvalue weighted by atomic mass is 10.3. The summed E-state index contributed by atoms with van der Waals surface area (Å²) >= 11 is 0. The Balaban J connectivity index is 0.000000948. The third-order valence-electron chi connectivity index (χ3n) is 2.85. The minimum absolute atomic E-state index is 0.0133. The highest BCUT2D eigenvalue weighted by Crippen LogP contribution is 2.26. The van der Waals surface area contributed by atoms with Gasteiger partial charge in [-0.3, -0.25) is 9.78 Å². The maximum atomic E-state index is 11.9. The molecule has 0 aliphatic carbocycles. The van der Waals surface area contributed by atoms with E-state index >= 15 is 0 Å². The Labute approximate surface area is 154 Å². The fourth-order valence-corrected chi connectivity index (χ4v) is 1.88. The van der Waals surface area contributed by atoms with Gasteiger partial charge in [-0.25, -0.2) is 4.98 Å². The van der Waals surface area contributed by atoms with Gasteiger partial charge in [0.2, 0.25) is 5.95 Å². The van der Waals surface area contributed by atoms with E-state index in [2.05, 4.69) is 20.2 Å². The minimum atomic E-state index is -0.284. The minimum Gasteiger partial charge on any atom is -0.506 e. The van der Waals surface area contributed by atoms with E-state index in [4.69, 9.17) is 0 Å². The first-order valence-corrected chi connectivity index (χ1v) is 8.90. The number of nitrogens with one attached hydrogen (secondary N) is 1. The van der Waals surface area contributed by atoms with Crippen molar-refractivity contribution in [2.24, 2.45) is 17.3 Å². The average Bonchev–Trinajstić information content (AvgIpc) is 3.07. The molecule has 7 heteroatoms. The number of azo groups is 1. The van der Waals surface area contributed by atoms with Gasteiger partial charge in [-0.2, -0.15) is 0 Å². The molecule has 0 saturated heterocycles. The molecule has 0 unspecified atom stereocenters. The van der Waals surface area contributed by atoms with Crippen LogP contribution in [0.1, 0.15) is 41.5 Å². The molecular formula is C19H29N5O2. The second kappa shape index (κ2) is 12.4. The molecule has 0 atom stereocenters. The molecule has 0 spiro atoms. The van der Waals surface area contributed by atoms with Crippen molar-refractivity contribution in [1.82, 2.24) is 14.5 Å². The summed E-state index contributed by atoms with van der Waals surface area (Å²) < 4.78 is 1.69. The summed E-state index contributed by atoms with van der Waals surface area (Å²) in [4.78, 5) is 18.6. The zero-order chi connectivity index (χ0) is 20.1. The summed E-state index contributed by atoms with van der Waals surface area (Å²) in [7, 11) is 1.77. The molecule has 3 rings (SSSR count). The first-order chi connectivity index (χ1) is 12.6. The second-order valence-electron chi connectivity index (χ2n) is 4.24. The van der Waals surface area contributed by atoms with Crippen LogP contribution in [-0.4, -0.2) is 19.6 Å². The zero-order valence-corrected chi connectivity index (χ0v) is 16.6. The quantitative estimate of drug-likeness (QED) is 0.594. The number of aromatic nitrogens is 3. The Bertz CT molecular complexity index is 866. The van der Waals surface area contributed by atoms with Crippen molar-refractivity contribution < 1.29 is 5.11 Å². The fourth-order valence-electron chi connectivity index (χ4n) is 1.88. The number of aromatic amines is 1. The van der Waals surface area contributed by atoms with E-state index in [0.717, 1.165) is 0 Å². The Morgan fingerprint density at radius 3 is 2.23 bits per heavy atom. The van der Waals surface area contributed by atoms with Crippen LogP contribution < -0.4 is 5.56 Å². The maximum absolute atomic E-state index is 11.9. The van der Waals surface area contributed by atoms with Crippen molar-refractivity contribution in [3.63, 3.8) is 0 Å². The van der Waals surface area contributed by atoms with Crippen LogP contribution in [0.15, 0.2) is 51.6 Å². The second-order valence-corrected chi connectivity index (χ2v) is 4.24. The van der Waals surface area contributed by atoms with Crippen LogP contribution in [0.3, 0.4) is 0 Å². The smallest absolute Gasteiger partial charge is 0.276 e. The zero-order valence-electron chi connectivity index (χ0n) is 16.6. The first kappa shape index (κ1) is 23.0. The van der Waals surface area contributed by atoms with Gasteiger partial charge < -0.3 is 9.67 Å². The molecule has 1 aromatic carbocycles. The van der Waals surface area contributed by atoms with E-state index in [0.29, 0.717) is 16.7 Å². The van der Waals surface area contributed by atoms with Crippen molar-refractivity contribution in [3.8, 4) is 5.75 Å². The normalized spacial score (nSPS) is 9.50. The summed E-state index contributed by atoms with van der Waals surface area (Å²) in [5.74, 6) is 0.108. The van der Waals surface area contributed by atoms with Gasteiger partial charge in [0, 0.05) is 13.2 Å². The number of benzene rings is 1. The van der Waals surface area contributed by atoms with E-state index in [1.165, 1.54) is 6.07 Å². The molecule has 0 saturated carbocycles. The highest BCUT2D eigenvalue weighted by Gasteiger charge is 2.06. The van der Waals surface area contributed by atoms with Gasteiger partial charge in [-0.05, 0) is 18.2 Å². The number of rotatable bonds is 2. The lowest BCUT2D eigenvalue weighted by Gasteiger charge is -1.97. The summed E-state index contributed by atoms with van der Waals surface area (Å²) in [5, 5.41) is 17.3. The topological polar surface area (TPSA) is 95.6 Å². The predicted molar refractivity (Wildman–Crippen MR) is 108 cm³/mol. The highest BCUT2D eigenvalue weighted by atomic mass is 16.3. The van der Waals surface area contributed by atoms with Crippen molar-refractivity contribution in [3.05, 3.63) is 46.9 Å². The number of para-hydroxylation sites is 1. The van der Waals surface area contributed by atoms with Crippen LogP contribution >= 0.6 is 0 Å². The van der Waals surface area contributed by atoms with Gasteiger partial charge in [0.1, 0.15) is 17.0 Å². The molecule has 2 aromatic heterocycles. The van der Waals surface area contributed by atoms with E-state index in [9.17, 15) is 9.90 Å². The number of hydrogen-bond donors (Lipinski definition) is 2. The number of hydrogen-bond acceptors (Lipinski definition) is 5. The van der Waals surface area contributed by atoms with Gasteiger partial charge in [-0.15, -0.1) is 10.2 Å². The third kappa shape index (κ3) is 5.84. The van der Waals surface area contributed by atoms with Gasteiger partial charge >= 0.3 is 0 Å². The molecule has 142 valence electrons. The van der Waals surface area contributed by atoms with Gasteiger partial charge in [0.25, 0.3) is 5.56 Å². The summed E-state index contributed by atoms with van der Waals surface area (Å²) in [6.45, 7) is 12.0. The molecule has 0 bridgehead atoms. The molecule has 2 heterocycles. The standard InChI is InChI=1S/C13H11N5O2.3C2H6/c1-18-7-6-9-11(18)12(20)15-13(14-9)17-16-8-4-2-3-5-10(8)19;3*1-2/h2-7,19H,1H3,(H,14,15,20);3*1-2H3. The van der Waals surface area contributed by atoms with Crippen molar-refractivity contribution in [2.75, 3.05) is 0 Å². The van der Waals surface area contributed by atoms with E-state index in [1.807, 2.05) is 41.5 Å². The van der Waals surface area contributed by atoms with Gasteiger partial charge in [-0.1, -0.05) is 53.7 Å². The summed E-state index contributed by atoms with van der Waals surface area (Å²) in [5.41, 5.74) is 1.05. The van der Waals surface area contributed by atoms with Crippen molar-refractivity contribution in [2.45, 2.75) is 41.5 Å². The monoisotopic (exact) mass is 359 g/mol. The largest absolute Gasteiger partial charge is 0.506 e. The van der Waals surface area contributed by atoms with Crippen LogP contribution in [0.4, 0.5) is 11.6 Å². The highest BCUT2D eigenvalue weighted by molar-refractivity contribution is 5.75. The summed E-state index contributed by atoms with van der Waals surface area (Å²) in [6.07, 6.45) is 1.75. The average molecular weight is 359 g/mol. The van der Waals surface area contributed by atoms with Crippen LogP contribution in [-0.2, 0) is 7.05 Å². The first-order valence-electron chi connectivity index (χ1n) is 8.90.